The SMILES string of the molecule is O=C(c1csc(Br)c1)N1CCC(c2ccc(O)cc2)CC1. The lowest BCUT2D eigenvalue weighted by atomic mass is 9.89. The van der Waals surface area contributed by atoms with Gasteiger partial charge in [0.1, 0.15) is 5.75 Å². The van der Waals surface area contributed by atoms with Crippen LogP contribution in [0.3, 0.4) is 0 Å². The van der Waals surface area contributed by atoms with Crippen LogP contribution < -0.4 is 0 Å². The van der Waals surface area contributed by atoms with Gasteiger partial charge in [-0.3, -0.25) is 4.79 Å². The second-order valence-corrected chi connectivity index (χ2v) is 7.59. The Morgan fingerprint density at radius 2 is 1.90 bits per heavy atom. The van der Waals surface area contributed by atoms with Crippen molar-refractivity contribution in [3.05, 3.63) is 50.6 Å². The molecule has 21 heavy (non-hydrogen) atoms. The molecule has 1 amide bonds. The number of benzene rings is 1. The van der Waals surface area contributed by atoms with Gasteiger partial charge in [0.05, 0.1) is 9.35 Å². The zero-order valence-corrected chi connectivity index (χ0v) is 13.9. The van der Waals surface area contributed by atoms with E-state index in [-0.39, 0.29) is 5.91 Å². The predicted octanol–water partition coefficient (Wildman–Crippen LogP) is 4.24. The minimum atomic E-state index is 0.126. The van der Waals surface area contributed by atoms with Crippen molar-refractivity contribution in [2.24, 2.45) is 0 Å². The average molecular weight is 366 g/mol. The molecule has 1 aromatic heterocycles. The van der Waals surface area contributed by atoms with Crippen LogP contribution in [0, 0.1) is 0 Å². The fraction of sp³-hybridized carbons (Fsp3) is 0.312. The van der Waals surface area contributed by atoms with Crippen molar-refractivity contribution in [2.75, 3.05) is 13.1 Å². The molecule has 0 spiro atoms. The van der Waals surface area contributed by atoms with Crippen molar-refractivity contribution in [1.29, 1.82) is 0 Å². The summed E-state index contributed by atoms with van der Waals surface area (Å²) in [4.78, 5) is 14.3. The van der Waals surface area contributed by atoms with Crippen molar-refractivity contribution in [3.63, 3.8) is 0 Å². The highest BCUT2D eigenvalue weighted by atomic mass is 79.9. The fourth-order valence-electron chi connectivity index (χ4n) is 2.77. The molecule has 1 fully saturated rings. The second kappa shape index (κ2) is 6.20. The average Bonchev–Trinajstić information content (AvgIpc) is 2.94. The van der Waals surface area contributed by atoms with E-state index in [1.807, 2.05) is 28.5 Å². The van der Waals surface area contributed by atoms with Crippen LogP contribution in [0.25, 0.3) is 0 Å². The van der Waals surface area contributed by atoms with E-state index in [9.17, 15) is 9.90 Å². The van der Waals surface area contributed by atoms with E-state index < -0.39 is 0 Å². The van der Waals surface area contributed by atoms with Crippen LogP contribution >= 0.6 is 27.3 Å². The minimum absolute atomic E-state index is 0.126. The van der Waals surface area contributed by atoms with Crippen molar-refractivity contribution in [1.82, 2.24) is 4.90 Å². The molecule has 1 N–H and O–H groups in total. The Labute approximate surface area is 136 Å². The second-order valence-electron chi connectivity index (χ2n) is 5.30. The van der Waals surface area contributed by atoms with Gasteiger partial charge in [-0.25, -0.2) is 0 Å². The number of rotatable bonds is 2. The molecular formula is C16H16BrNO2S. The predicted molar refractivity (Wildman–Crippen MR) is 88.0 cm³/mol. The van der Waals surface area contributed by atoms with Crippen molar-refractivity contribution in [3.8, 4) is 5.75 Å². The highest BCUT2D eigenvalue weighted by Crippen LogP contribution is 2.30. The van der Waals surface area contributed by atoms with Gasteiger partial charge in [-0.05, 0) is 58.5 Å². The summed E-state index contributed by atoms with van der Waals surface area (Å²) in [5.74, 6) is 0.902. The van der Waals surface area contributed by atoms with Crippen molar-refractivity contribution < 1.29 is 9.90 Å². The van der Waals surface area contributed by atoms with Gasteiger partial charge in [-0.1, -0.05) is 12.1 Å². The number of phenols is 1. The van der Waals surface area contributed by atoms with Gasteiger partial charge in [0.15, 0.2) is 0 Å². The number of hydrogen-bond donors (Lipinski definition) is 1. The van der Waals surface area contributed by atoms with Gasteiger partial charge < -0.3 is 10.0 Å². The summed E-state index contributed by atoms with van der Waals surface area (Å²) in [6.45, 7) is 1.58. The molecule has 0 aliphatic carbocycles. The van der Waals surface area contributed by atoms with E-state index >= 15 is 0 Å². The van der Waals surface area contributed by atoms with Gasteiger partial charge in [0.25, 0.3) is 5.91 Å². The van der Waals surface area contributed by atoms with Crippen LogP contribution in [0.1, 0.15) is 34.7 Å². The quantitative estimate of drug-likeness (QED) is 0.864. The molecular weight excluding hydrogens is 350 g/mol. The van der Waals surface area contributed by atoms with Crippen LogP contribution in [-0.2, 0) is 0 Å². The van der Waals surface area contributed by atoms with E-state index in [0.717, 1.165) is 35.3 Å². The number of piperidine rings is 1. The van der Waals surface area contributed by atoms with Crippen LogP contribution in [-0.4, -0.2) is 29.0 Å². The molecule has 0 radical (unpaired) electrons. The molecule has 0 unspecified atom stereocenters. The maximum atomic E-state index is 12.4. The largest absolute Gasteiger partial charge is 0.508 e. The molecule has 3 rings (SSSR count). The molecule has 2 aromatic rings. The summed E-state index contributed by atoms with van der Waals surface area (Å²) in [7, 11) is 0. The van der Waals surface area contributed by atoms with Crippen LogP contribution in [0.15, 0.2) is 39.5 Å². The van der Waals surface area contributed by atoms with Gasteiger partial charge in [0.2, 0.25) is 0 Å². The first-order valence-electron chi connectivity index (χ1n) is 6.96. The van der Waals surface area contributed by atoms with Crippen molar-refractivity contribution in [2.45, 2.75) is 18.8 Å². The third-order valence-electron chi connectivity index (χ3n) is 3.96. The first-order chi connectivity index (χ1) is 10.1. The zero-order valence-electron chi connectivity index (χ0n) is 11.5. The van der Waals surface area contributed by atoms with Crippen LogP contribution in [0.5, 0.6) is 5.75 Å². The van der Waals surface area contributed by atoms with E-state index in [1.165, 1.54) is 5.56 Å². The van der Waals surface area contributed by atoms with Gasteiger partial charge in [0, 0.05) is 18.5 Å². The third-order valence-corrected chi connectivity index (χ3v) is 5.47. The molecule has 0 bridgehead atoms. The maximum Gasteiger partial charge on any atom is 0.254 e. The summed E-state index contributed by atoms with van der Waals surface area (Å²) in [6, 6.07) is 9.31. The Morgan fingerprint density at radius 3 is 2.48 bits per heavy atom. The molecule has 1 aromatic carbocycles. The molecule has 3 nitrogen and oxygen atoms in total. The highest BCUT2D eigenvalue weighted by molar-refractivity contribution is 9.11. The van der Waals surface area contributed by atoms with Crippen LogP contribution in [0.4, 0.5) is 0 Å². The van der Waals surface area contributed by atoms with Gasteiger partial charge in [-0.15, -0.1) is 11.3 Å². The lowest BCUT2D eigenvalue weighted by Gasteiger charge is -2.32. The summed E-state index contributed by atoms with van der Waals surface area (Å²) < 4.78 is 0.991. The molecule has 110 valence electrons. The van der Waals surface area contributed by atoms with Crippen molar-refractivity contribution >= 4 is 33.2 Å². The summed E-state index contributed by atoms with van der Waals surface area (Å²) in [5.41, 5.74) is 2.02. The third kappa shape index (κ3) is 3.30. The Hall–Kier alpha value is -1.33. The van der Waals surface area contributed by atoms with E-state index in [1.54, 1.807) is 23.5 Å². The number of hydrogen-bond acceptors (Lipinski definition) is 3. The summed E-state index contributed by atoms with van der Waals surface area (Å²) in [6.07, 6.45) is 1.95. The number of aromatic hydroxyl groups is 1. The van der Waals surface area contributed by atoms with Gasteiger partial charge >= 0.3 is 0 Å². The van der Waals surface area contributed by atoms with E-state index in [0.29, 0.717) is 11.7 Å². The lowest BCUT2D eigenvalue weighted by molar-refractivity contribution is 0.0713. The molecule has 5 heteroatoms. The number of carbonyl (C=O) groups is 1. The molecule has 1 aliphatic rings. The molecule has 2 heterocycles. The van der Waals surface area contributed by atoms with E-state index in [4.69, 9.17) is 0 Å². The summed E-state index contributed by atoms with van der Waals surface area (Å²) >= 11 is 4.94. The number of nitrogens with zero attached hydrogens (tertiary/aromatic N) is 1. The Bertz CT molecular complexity index is 630. The normalized spacial score (nSPS) is 16.1. The summed E-state index contributed by atoms with van der Waals surface area (Å²) in [5, 5.41) is 11.2. The number of phenolic OH excluding ortho intramolecular Hbond substituents is 1. The first-order valence-corrected chi connectivity index (χ1v) is 8.63. The smallest absolute Gasteiger partial charge is 0.254 e. The Morgan fingerprint density at radius 1 is 1.24 bits per heavy atom. The number of thiophene rings is 1. The minimum Gasteiger partial charge on any atom is -0.508 e. The number of carbonyl (C=O) groups excluding carboxylic acids is 1. The Kier molecular flexibility index (Phi) is 4.31. The lowest BCUT2D eigenvalue weighted by Crippen LogP contribution is -2.37. The Balaban J connectivity index is 1.62. The molecule has 1 aliphatic heterocycles. The monoisotopic (exact) mass is 365 g/mol. The molecule has 1 saturated heterocycles. The van der Waals surface area contributed by atoms with Gasteiger partial charge in [-0.2, -0.15) is 0 Å². The standard InChI is InChI=1S/C16H16BrNO2S/c17-15-9-13(10-21-15)16(20)18-7-5-12(6-8-18)11-1-3-14(19)4-2-11/h1-4,9-10,12,19H,5-8H2. The van der Waals surface area contributed by atoms with Crippen LogP contribution in [0.2, 0.25) is 0 Å². The molecule has 0 atom stereocenters. The fourth-order valence-corrected chi connectivity index (χ4v) is 3.90. The molecule has 0 saturated carbocycles. The first kappa shape index (κ1) is 14.6. The van der Waals surface area contributed by atoms with E-state index in [2.05, 4.69) is 15.9 Å². The number of halogens is 1. The maximum absolute atomic E-state index is 12.4. The number of amides is 1. The zero-order chi connectivity index (χ0) is 14.8. The topological polar surface area (TPSA) is 40.5 Å². The highest BCUT2D eigenvalue weighted by Gasteiger charge is 2.25. The number of likely N-dealkylation sites (tertiary alicyclic amines) is 1.